The van der Waals surface area contributed by atoms with E-state index in [1.165, 1.54) is 6.07 Å². The Kier molecular flexibility index (Phi) is 2.41. The molecular weight excluding hydrogens is 248 g/mol. The SMILES string of the molecule is O=[N+]([O-])c1ccc(Br)cc1NC1CC1. The maximum Gasteiger partial charge on any atom is 0.292 e. The van der Waals surface area contributed by atoms with Gasteiger partial charge in [0.25, 0.3) is 5.69 Å². The first-order valence-electron chi connectivity index (χ1n) is 4.37. The molecule has 1 aliphatic carbocycles. The molecule has 0 spiro atoms. The molecule has 74 valence electrons. The monoisotopic (exact) mass is 256 g/mol. The highest BCUT2D eigenvalue weighted by Crippen LogP contribution is 2.32. The Hall–Kier alpha value is -1.10. The lowest BCUT2D eigenvalue weighted by Crippen LogP contribution is -2.03. The van der Waals surface area contributed by atoms with Gasteiger partial charge in [-0.3, -0.25) is 10.1 Å². The minimum absolute atomic E-state index is 0.139. The van der Waals surface area contributed by atoms with Crippen LogP contribution in [0.3, 0.4) is 0 Å². The third-order valence-electron chi connectivity index (χ3n) is 2.09. The topological polar surface area (TPSA) is 55.2 Å². The van der Waals surface area contributed by atoms with E-state index in [9.17, 15) is 10.1 Å². The van der Waals surface area contributed by atoms with Gasteiger partial charge in [0.05, 0.1) is 4.92 Å². The number of nitro groups is 1. The van der Waals surface area contributed by atoms with Crippen molar-refractivity contribution in [2.45, 2.75) is 18.9 Å². The van der Waals surface area contributed by atoms with Crippen LogP contribution >= 0.6 is 15.9 Å². The van der Waals surface area contributed by atoms with Gasteiger partial charge in [0.15, 0.2) is 0 Å². The van der Waals surface area contributed by atoms with E-state index >= 15 is 0 Å². The van der Waals surface area contributed by atoms with Gasteiger partial charge < -0.3 is 5.32 Å². The summed E-state index contributed by atoms with van der Waals surface area (Å²) in [6.07, 6.45) is 2.20. The number of anilines is 1. The minimum Gasteiger partial charge on any atom is -0.377 e. The highest BCUT2D eigenvalue weighted by molar-refractivity contribution is 9.10. The normalized spacial score (nSPS) is 15.2. The highest BCUT2D eigenvalue weighted by atomic mass is 79.9. The van der Waals surface area contributed by atoms with Crippen LogP contribution in [-0.4, -0.2) is 11.0 Å². The van der Waals surface area contributed by atoms with Crippen LogP contribution in [0, 0.1) is 10.1 Å². The predicted octanol–water partition coefficient (Wildman–Crippen LogP) is 2.93. The van der Waals surface area contributed by atoms with E-state index in [1.807, 2.05) is 0 Å². The fourth-order valence-electron chi connectivity index (χ4n) is 1.23. The lowest BCUT2D eigenvalue weighted by molar-refractivity contribution is -0.384. The Morgan fingerprint density at radius 1 is 1.50 bits per heavy atom. The summed E-state index contributed by atoms with van der Waals surface area (Å²) in [7, 11) is 0. The van der Waals surface area contributed by atoms with Crippen LogP contribution in [-0.2, 0) is 0 Å². The molecule has 0 unspecified atom stereocenters. The zero-order valence-corrected chi connectivity index (χ0v) is 8.95. The number of hydrogen-bond acceptors (Lipinski definition) is 3. The Morgan fingerprint density at radius 3 is 2.79 bits per heavy atom. The molecule has 1 fully saturated rings. The first-order valence-corrected chi connectivity index (χ1v) is 5.16. The maximum atomic E-state index is 10.7. The van der Waals surface area contributed by atoms with Crippen LogP contribution in [0.15, 0.2) is 22.7 Å². The van der Waals surface area contributed by atoms with Gasteiger partial charge in [0, 0.05) is 16.6 Å². The minimum atomic E-state index is -0.364. The quantitative estimate of drug-likeness (QED) is 0.669. The van der Waals surface area contributed by atoms with Crippen LogP contribution in [0.25, 0.3) is 0 Å². The van der Waals surface area contributed by atoms with E-state index in [-0.39, 0.29) is 10.6 Å². The van der Waals surface area contributed by atoms with Crippen molar-refractivity contribution in [3.63, 3.8) is 0 Å². The van der Waals surface area contributed by atoms with E-state index in [0.717, 1.165) is 17.3 Å². The van der Waals surface area contributed by atoms with Crippen molar-refractivity contribution in [3.05, 3.63) is 32.8 Å². The lowest BCUT2D eigenvalue weighted by atomic mass is 10.2. The Labute approximate surface area is 89.6 Å². The van der Waals surface area contributed by atoms with E-state index in [2.05, 4.69) is 21.2 Å². The van der Waals surface area contributed by atoms with Crippen LogP contribution < -0.4 is 5.32 Å². The van der Waals surface area contributed by atoms with Gasteiger partial charge in [0.2, 0.25) is 0 Å². The number of nitrogens with zero attached hydrogens (tertiary/aromatic N) is 1. The third kappa shape index (κ3) is 2.04. The molecule has 5 heteroatoms. The Balaban J connectivity index is 2.31. The standard InChI is InChI=1S/C9H9BrN2O2/c10-6-1-4-9(12(13)14)8(5-6)11-7-2-3-7/h1,4-5,7,11H,2-3H2. The summed E-state index contributed by atoms with van der Waals surface area (Å²) in [6.45, 7) is 0. The van der Waals surface area contributed by atoms with Crippen molar-refractivity contribution in [2.75, 3.05) is 5.32 Å². The van der Waals surface area contributed by atoms with Crippen molar-refractivity contribution in [2.24, 2.45) is 0 Å². The average molecular weight is 257 g/mol. The molecule has 1 N–H and O–H groups in total. The molecular formula is C9H9BrN2O2. The molecule has 1 aromatic rings. The number of rotatable bonds is 3. The highest BCUT2D eigenvalue weighted by Gasteiger charge is 2.24. The largest absolute Gasteiger partial charge is 0.377 e. The number of nitro benzene ring substituents is 1. The lowest BCUT2D eigenvalue weighted by Gasteiger charge is -2.05. The van der Waals surface area contributed by atoms with E-state index in [1.54, 1.807) is 12.1 Å². The molecule has 1 saturated carbocycles. The molecule has 0 saturated heterocycles. The third-order valence-corrected chi connectivity index (χ3v) is 2.59. The van der Waals surface area contributed by atoms with Crippen LogP contribution in [0.2, 0.25) is 0 Å². The number of benzene rings is 1. The first kappa shape index (κ1) is 9.45. The number of nitrogens with one attached hydrogen (secondary N) is 1. The summed E-state index contributed by atoms with van der Waals surface area (Å²) in [6, 6.07) is 5.35. The fraction of sp³-hybridized carbons (Fsp3) is 0.333. The van der Waals surface area contributed by atoms with Gasteiger partial charge in [-0.25, -0.2) is 0 Å². The van der Waals surface area contributed by atoms with Crippen molar-refractivity contribution in [3.8, 4) is 0 Å². The van der Waals surface area contributed by atoms with E-state index in [0.29, 0.717) is 11.7 Å². The average Bonchev–Trinajstić information content (AvgIpc) is 2.87. The van der Waals surface area contributed by atoms with Crippen molar-refractivity contribution >= 4 is 27.3 Å². The second kappa shape index (κ2) is 3.57. The molecule has 0 amide bonds. The van der Waals surface area contributed by atoms with Crippen molar-refractivity contribution < 1.29 is 4.92 Å². The molecule has 2 rings (SSSR count). The molecule has 1 aliphatic rings. The molecule has 14 heavy (non-hydrogen) atoms. The zero-order valence-electron chi connectivity index (χ0n) is 7.37. The van der Waals surface area contributed by atoms with E-state index < -0.39 is 0 Å². The fourth-order valence-corrected chi connectivity index (χ4v) is 1.59. The van der Waals surface area contributed by atoms with Gasteiger partial charge in [-0.1, -0.05) is 15.9 Å². The maximum absolute atomic E-state index is 10.7. The number of halogens is 1. The second-order valence-electron chi connectivity index (χ2n) is 3.34. The van der Waals surface area contributed by atoms with Gasteiger partial charge >= 0.3 is 0 Å². The molecule has 0 heterocycles. The molecule has 0 atom stereocenters. The molecule has 0 bridgehead atoms. The summed E-state index contributed by atoms with van der Waals surface area (Å²) in [4.78, 5) is 10.3. The summed E-state index contributed by atoms with van der Waals surface area (Å²) in [5.41, 5.74) is 0.743. The summed E-state index contributed by atoms with van der Waals surface area (Å²) < 4.78 is 0.853. The molecule has 0 aliphatic heterocycles. The number of hydrogen-bond donors (Lipinski definition) is 1. The van der Waals surface area contributed by atoms with Gasteiger partial charge in [-0.2, -0.15) is 0 Å². The molecule has 1 aromatic carbocycles. The Bertz CT molecular complexity index is 377. The van der Waals surface area contributed by atoms with Gasteiger partial charge in [-0.15, -0.1) is 0 Å². The predicted molar refractivity (Wildman–Crippen MR) is 57.4 cm³/mol. The van der Waals surface area contributed by atoms with Crippen LogP contribution in [0.4, 0.5) is 11.4 Å². The first-order chi connectivity index (χ1) is 6.66. The molecule has 0 aromatic heterocycles. The molecule has 4 nitrogen and oxygen atoms in total. The van der Waals surface area contributed by atoms with Crippen molar-refractivity contribution in [1.29, 1.82) is 0 Å². The smallest absolute Gasteiger partial charge is 0.292 e. The summed E-state index contributed by atoms with van der Waals surface area (Å²) in [5, 5.41) is 13.8. The van der Waals surface area contributed by atoms with Crippen LogP contribution in [0.1, 0.15) is 12.8 Å². The zero-order chi connectivity index (χ0) is 10.1. The van der Waals surface area contributed by atoms with Gasteiger partial charge in [0.1, 0.15) is 5.69 Å². The van der Waals surface area contributed by atoms with Crippen LogP contribution in [0.5, 0.6) is 0 Å². The molecule has 0 radical (unpaired) electrons. The van der Waals surface area contributed by atoms with Gasteiger partial charge in [-0.05, 0) is 25.0 Å². The Morgan fingerprint density at radius 2 is 2.21 bits per heavy atom. The summed E-state index contributed by atoms with van der Waals surface area (Å²) >= 11 is 3.29. The second-order valence-corrected chi connectivity index (χ2v) is 4.25. The van der Waals surface area contributed by atoms with E-state index in [4.69, 9.17) is 0 Å². The summed E-state index contributed by atoms with van der Waals surface area (Å²) in [5.74, 6) is 0. The van der Waals surface area contributed by atoms with Crippen molar-refractivity contribution in [1.82, 2.24) is 0 Å².